The smallest absolute Gasteiger partial charge is 0.329 e. The van der Waals surface area contributed by atoms with Gasteiger partial charge in [0.25, 0.3) is 0 Å². The maximum Gasteiger partial charge on any atom is 0.329 e. The molecule has 0 aliphatic carbocycles. The number of carbonyl (C=O) groups excluding carboxylic acids is 2. The van der Waals surface area contributed by atoms with Gasteiger partial charge in [-0.2, -0.15) is 0 Å². The number of halogens is 2. The molecule has 0 unspecified atom stereocenters. The number of furan rings is 1. The number of ether oxygens (including phenoxy) is 3. The Morgan fingerprint density at radius 2 is 1.96 bits per heavy atom. The van der Waals surface area contributed by atoms with Gasteiger partial charge in [0.1, 0.15) is 41.1 Å². The van der Waals surface area contributed by atoms with Gasteiger partial charge in [-0.05, 0) is 51.8 Å². The Balaban J connectivity index is 1.32. The fourth-order valence-corrected chi connectivity index (χ4v) is 7.44. The lowest BCUT2D eigenvalue weighted by Crippen LogP contribution is -2.49. The topological polar surface area (TPSA) is 120 Å². The lowest BCUT2D eigenvalue weighted by atomic mass is 9.78. The summed E-state index contributed by atoms with van der Waals surface area (Å²) in [5.74, 6) is -0.00587. The van der Waals surface area contributed by atoms with Gasteiger partial charge in [-0.25, -0.2) is 24.1 Å². The number of para-hydroxylation sites is 1. The molecule has 0 N–H and O–H groups in total. The van der Waals surface area contributed by atoms with E-state index in [4.69, 9.17) is 40.2 Å². The van der Waals surface area contributed by atoms with E-state index in [1.54, 1.807) is 17.9 Å². The normalized spacial score (nSPS) is 25.3. The molecule has 266 valence electrons. The quantitative estimate of drug-likeness (QED) is 0.193. The second kappa shape index (κ2) is 13.6. The first-order chi connectivity index (χ1) is 23.9. The van der Waals surface area contributed by atoms with Crippen molar-refractivity contribution in [2.45, 2.75) is 96.2 Å². The molecule has 4 aliphatic heterocycles. The molecule has 3 aromatic heterocycles. The Morgan fingerprint density at radius 3 is 2.76 bits per heavy atom. The maximum atomic E-state index is 17.2. The number of benzene rings is 1. The molecule has 1 aromatic carbocycles. The monoisotopic (exact) mass is 707 g/mol. The molecule has 4 aliphatic rings. The van der Waals surface area contributed by atoms with Crippen LogP contribution in [0.2, 0.25) is 5.02 Å². The van der Waals surface area contributed by atoms with Crippen molar-refractivity contribution >= 4 is 51.4 Å². The Kier molecular flexibility index (Phi) is 9.36. The summed E-state index contributed by atoms with van der Waals surface area (Å²) in [6, 6.07) is 8.36. The minimum atomic E-state index is -1.84. The van der Waals surface area contributed by atoms with Crippen LogP contribution in [0, 0.1) is 5.92 Å². The van der Waals surface area contributed by atoms with E-state index in [0.29, 0.717) is 47.8 Å². The largest absolute Gasteiger partial charge is 0.472 e. The second-order valence-electron chi connectivity index (χ2n) is 14.6. The summed E-state index contributed by atoms with van der Waals surface area (Å²) >= 11 is 6.41. The lowest BCUT2D eigenvalue weighted by Gasteiger charge is -2.42. The number of amides is 1. The Morgan fingerprint density at radius 1 is 1.14 bits per heavy atom. The van der Waals surface area contributed by atoms with E-state index in [1.165, 1.54) is 6.20 Å². The summed E-state index contributed by atoms with van der Waals surface area (Å²) in [5, 5.41) is 1.09. The highest BCUT2D eigenvalue weighted by Gasteiger charge is 2.48. The van der Waals surface area contributed by atoms with Crippen LogP contribution in [0.3, 0.4) is 0 Å². The number of anilines is 1. The number of hydrogen-bond acceptors (Lipinski definition) is 10. The van der Waals surface area contributed by atoms with Gasteiger partial charge in [-0.1, -0.05) is 37.1 Å². The van der Waals surface area contributed by atoms with Gasteiger partial charge < -0.3 is 28.4 Å². The molecular formula is C37H43ClFN5O6. The Hall–Kier alpha value is -4.03. The molecule has 8 rings (SSSR count). The number of aromatic nitrogens is 3. The van der Waals surface area contributed by atoms with Crippen molar-refractivity contribution in [3.8, 4) is 5.88 Å². The average molecular weight is 708 g/mol. The third kappa shape index (κ3) is 6.84. The van der Waals surface area contributed by atoms with E-state index in [2.05, 4.69) is 4.98 Å². The minimum Gasteiger partial charge on any atom is -0.472 e. The van der Waals surface area contributed by atoms with Crippen LogP contribution in [0.25, 0.3) is 22.1 Å². The predicted octanol–water partition coefficient (Wildman–Crippen LogP) is 6.92. The van der Waals surface area contributed by atoms with Crippen LogP contribution in [-0.4, -0.2) is 75.7 Å². The molecule has 0 radical (unpaired) electrons. The molecule has 50 heavy (non-hydrogen) atoms. The van der Waals surface area contributed by atoms with Crippen LogP contribution in [0.5, 0.6) is 5.88 Å². The SMILES string of the molecule is C[C@H]1CN2CC[C@]1(F)c1cc(Cl)cnc1O[C@H]1C[C@@H](C(=O)OC(C)(C)C)N(C1)c1nc(nc3c1oc1ccccc13)COCCCCCC2=O. The lowest BCUT2D eigenvalue weighted by molar-refractivity contribution is -0.156. The van der Waals surface area contributed by atoms with Crippen molar-refractivity contribution in [2.24, 2.45) is 5.92 Å². The van der Waals surface area contributed by atoms with Crippen molar-refractivity contribution in [3.63, 3.8) is 0 Å². The predicted molar refractivity (Wildman–Crippen MR) is 186 cm³/mol. The van der Waals surface area contributed by atoms with E-state index < -0.39 is 35.3 Å². The highest BCUT2D eigenvalue weighted by molar-refractivity contribution is 6.30. The Labute approximate surface area is 295 Å². The number of fused-ring (bicyclic) bond motifs is 12. The van der Waals surface area contributed by atoms with E-state index in [-0.39, 0.29) is 61.5 Å². The summed E-state index contributed by atoms with van der Waals surface area (Å²) in [6.45, 7) is 8.62. The molecule has 4 aromatic rings. The third-order valence-corrected chi connectivity index (χ3v) is 10.00. The number of pyridine rings is 1. The highest BCUT2D eigenvalue weighted by Crippen LogP contribution is 2.46. The second-order valence-corrected chi connectivity index (χ2v) is 15.1. The van der Waals surface area contributed by atoms with Crippen molar-refractivity contribution in [1.82, 2.24) is 19.9 Å². The molecule has 13 heteroatoms. The molecule has 7 heterocycles. The van der Waals surface area contributed by atoms with Gasteiger partial charge >= 0.3 is 5.97 Å². The zero-order chi connectivity index (χ0) is 35.2. The van der Waals surface area contributed by atoms with Gasteiger partial charge in [0.2, 0.25) is 11.8 Å². The van der Waals surface area contributed by atoms with Gasteiger partial charge in [-0.15, -0.1) is 0 Å². The number of nitrogens with zero attached hydrogens (tertiary/aromatic N) is 5. The molecule has 0 spiro atoms. The van der Waals surface area contributed by atoms with E-state index in [9.17, 15) is 9.59 Å². The van der Waals surface area contributed by atoms with E-state index in [0.717, 1.165) is 18.2 Å². The van der Waals surface area contributed by atoms with Crippen LogP contribution in [0.1, 0.15) is 77.6 Å². The zero-order valence-electron chi connectivity index (χ0n) is 28.9. The first-order valence-electron chi connectivity index (χ1n) is 17.4. The van der Waals surface area contributed by atoms with E-state index in [1.807, 2.05) is 49.9 Å². The number of piperidine rings is 1. The summed E-state index contributed by atoms with van der Waals surface area (Å²) in [6.07, 6.45) is 3.79. The molecule has 2 fully saturated rings. The number of rotatable bonds is 1. The van der Waals surface area contributed by atoms with Crippen LogP contribution < -0.4 is 9.64 Å². The molecule has 1 amide bonds. The summed E-state index contributed by atoms with van der Waals surface area (Å²) in [5.41, 5.74) is -0.678. The fraction of sp³-hybridized carbons (Fsp3) is 0.541. The van der Waals surface area contributed by atoms with Crippen LogP contribution in [0.4, 0.5) is 10.2 Å². The molecular weight excluding hydrogens is 665 g/mol. The van der Waals surface area contributed by atoms with E-state index >= 15 is 4.39 Å². The average Bonchev–Trinajstić information content (AvgIpc) is 3.66. The van der Waals surface area contributed by atoms with Crippen LogP contribution in [-0.2, 0) is 31.3 Å². The van der Waals surface area contributed by atoms with Crippen molar-refractivity contribution in [1.29, 1.82) is 0 Å². The number of carbonyl (C=O) groups is 2. The van der Waals surface area contributed by atoms with Crippen LogP contribution >= 0.6 is 11.6 Å². The number of esters is 1. The third-order valence-electron chi connectivity index (χ3n) is 9.79. The van der Waals surface area contributed by atoms with Crippen molar-refractivity contribution in [2.75, 3.05) is 31.1 Å². The fourth-order valence-electron chi connectivity index (χ4n) is 7.28. The zero-order valence-corrected chi connectivity index (χ0v) is 29.7. The van der Waals surface area contributed by atoms with Crippen LogP contribution in [0.15, 0.2) is 40.9 Å². The van der Waals surface area contributed by atoms with Gasteiger partial charge in [0.05, 0.1) is 17.1 Å². The van der Waals surface area contributed by atoms with Crippen molar-refractivity contribution < 1.29 is 32.6 Å². The number of hydrogen-bond donors (Lipinski definition) is 0. The van der Waals surface area contributed by atoms with Gasteiger partial charge in [-0.3, -0.25) is 4.79 Å². The van der Waals surface area contributed by atoms with Gasteiger partial charge in [0, 0.05) is 56.5 Å². The maximum absolute atomic E-state index is 17.2. The summed E-state index contributed by atoms with van der Waals surface area (Å²) in [4.78, 5) is 44.8. The number of alkyl halides is 1. The first kappa shape index (κ1) is 34.4. The Bertz CT molecular complexity index is 1910. The highest BCUT2D eigenvalue weighted by atomic mass is 35.5. The molecule has 0 saturated carbocycles. The van der Waals surface area contributed by atoms with Gasteiger partial charge in [0.15, 0.2) is 17.2 Å². The summed E-state index contributed by atoms with van der Waals surface area (Å²) in [7, 11) is 0. The molecule has 4 atom stereocenters. The summed E-state index contributed by atoms with van der Waals surface area (Å²) < 4.78 is 42.0. The molecule has 2 saturated heterocycles. The molecule has 11 nitrogen and oxygen atoms in total. The van der Waals surface area contributed by atoms with Crippen molar-refractivity contribution in [3.05, 3.63) is 52.9 Å². The molecule has 6 bridgehead atoms. The minimum absolute atomic E-state index is 0.0206. The standard InChI is InChI=1S/C37H43ClFN5O6/c1-22-19-43-14-13-37(22,39)26-16-23(38)18-40-34(26)48-24-17-27(35(46)50-36(2,3)4)44(20-24)33-32-31(25-10-7-8-11-28(25)49-32)41-29(42-33)21-47-15-9-5-6-12-30(43)45/h7-8,10-11,16,18,22,24,27H,5-6,9,12-15,17,19-21H2,1-4H3/t22-,24-,27-,37+/m0/s1. The first-order valence-corrected chi connectivity index (χ1v) is 17.8.